The average Bonchev–Trinajstić information content (AvgIpc) is 2.38. The van der Waals surface area contributed by atoms with E-state index in [2.05, 4.69) is 4.98 Å². The van der Waals surface area contributed by atoms with E-state index < -0.39 is 11.2 Å². The van der Waals surface area contributed by atoms with Crippen LogP contribution in [-0.2, 0) is 0 Å². The number of H-pyrrole nitrogens is 1. The van der Waals surface area contributed by atoms with Gasteiger partial charge in [0.25, 0.3) is 5.56 Å². The van der Waals surface area contributed by atoms with E-state index in [0.717, 1.165) is 5.56 Å². The molecule has 2 rings (SSSR count). The van der Waals surface area contributed by atoms with Crippen molar-refractivity contribution in [1.82, 2.24) is 9.55 Å². The molecule has 0 unspecified atom stereocenters. The fourth-order valence-electron chi connectivity index (χ4n) is 1.80. The van der Waals surface area contributed by atoms with Crippen molar-refractivity contribution in [2.24, 2.45) is 0 Å². The summed E-state index contributed by atoms with van der Waals surface area (Å²) in [5.74, 6) is 0. The molecule has 94 valence electrons. The second-order valence-electron chi connectivity index (χ2n) is 4.07. The second kappa shape index (κ2) is 5.23. The van der Waals surface area contributed by atoms with Gasteiger partial charge in [-0.25, -0.2) is 4.79 Å². The van der Waals surface area contributed by atoms with Crippen molar-refractivity contribution in [2.75, 3.05) is 0 Å². The predicted octanol–water partition coefficient (Wildman–Crippen LogP) is 2.08. The summed E-state index contributed by atoms with van der Waals surface area (Å²) in [4.78, 5) is 24.9. The van der Waals surface area contributed by atoms with Crippen LogP contribution in [0.2, 0.25) is 0 Å². The Bertz CT molecular complexity index is 633. The second-order valence-corrected chi connectivity index (χ2v) is 4.54. The van der Waals surface area contributed by atoms with Gasteiger partial charge in [0.2, 0.25) is 0 Å². The van der Waals surface area contributed by atoms with Crippen molar-refractivity contribution in [2.45, 2.75) is 18.3 Å². The number of benzene rings is 1. The molecule has 4 nitrogen and oxygen atoms in total. The van der Waals surface area contributed by atoms with Gasteiger partial charge in [0.05, 0.1) is 11.4 Å². The Hall–Kier alpha value is -1.81. The highest BCUT2D eigenvalue weighted by Crippen LogP contribution is 2.30. The van der Waals surface area contributed by atoms with Gasteiger partial charge in [0.1, 0.15) is 0 Å². The third kappa shape index (κ3) is 2.54. The minimum absolute atomic E-state index is 0.251. The first-order chi connectivity index (χ1) is 8.59. The zero-order valence-corrected chi connectivity index (χ0v) is 10.6. The Labute approximate surface area is 109 Å². The SMILES string of the molecule is C[C@@H]([C@H](Cl)c1ccccc1)n1ccc(=O)[nH]c1=O. The molecule has 0 aliphatic heterocycles. The number of hydrogen-bond donors (Lipinski definition) is 1. The van der Waals surface area contributed by atoms with E-state index in [4.69, 9.17) is 11.6 Å². The predicted molar refractivity (Wildman–Crippen MR) is 71.1 cm³/mol. The summed E-state index contributed by atoms with van der Waals surface area (Å²) in [6, 6.07) is 10.6. The number of hydrogen-bond acceptors (Lipinski definition) is 2. The topological polar surface area (TPSA) is 54.9 Å². The molecule has 0 bridgehead atoms. The lowest BCUT2D eigenvalue weighted by molar-refractivity contribution is 0.500. The molecular formula is C13H13ClN2O2. The van der Waals surface area contributed by atoms with Crippen LogP contribution in [0.5, 0.6) is 0 Å². The van der Waals surface area contributed by atoms with Crippen molar-refractivity contribution in [3.8, 4) is 0 Å². The maximum Gasteiger partial charge on any atom is 0.328 e. The molecule has 0 amide bonds. The van der Waals surface area contributed by atoms with E-state index in [1.807, 2.05) is 37.3 Å². The summed E-state index contributed by atoms with van der Waals surface area (Å²) in [5.41, 5.74) is 0.0793. The Morgan fingerprint density at radius 2 is 1.83 bits per heavy atom. The molecule has 0 radical (unpaired) electrons. The van der Waals surface area contributed by atoms with Crippen LogP contribution in [0.25, 0.3) is 0 Å². The first kappa shape index (κ1) is 12.6. The van der Waals surface area contributed by atoms with Crippen LogP contribution in [0, 0.1) is 0 Å². The van der Waals surface area contributed by atoms with Gasteiger partial charge < -0.3 is 0 Å². The van der Waals surface area contributed by atoms with Crippen LogP contribution < -0.4 is 11.2 Å². The number of halogens is 1. The molecule has 2 atom stereocenters. The van der Waals surface area contributed by atoms with E-state index in [1.54, 1.807) is 0 Å². The van der Waals surface area contributed by atoms with E-state index >= 15 is 0 Å². The molecule has 0 saturated heterocycles. The maximum atomic E-state index is 11.7. The number of rotatable bonds is 3. The zero-order valence-electron chi connectivity index (χ0n) is 9.84. The summed E-state index contributed by atoms with van der Waals surface area (Å²) in [5, 5.41) is -0.338. The van der Waals surface area contributed by atoms with Crippen molar-refractivity contribution in [1.29, 1.82) is 0 Å². The lowest BCUT2D eigenvalue weighted by Gasteiger charge is -2.20. The molecule has 2 aromatic rings. The van der Waals surface area contributed by atoms with Crippen LogP contribution in [-0.4, -0.2) is 9.55 Å². The molecule has 1 N–H and O–H groups in total. The lowest BCUT2D eigenvalue weighted by atomic mass is 10.1. The average molecular weight is 265 g/mol. The van der Waals surface area contributed by atoms with E-state index in [9.17, 15) is 9.59 Å². The summed E-state index contributed by atoms with van der Waals surface area (Å²) in [6.45, 7) is 1.84. The third-order valence-corrected chi connectivity index (χ3v) is 3.45. The first-order valence-electron chi connectivity index (χ1n) is 5.60. The van der Waals surface area contributed by atoms with Crippen LogP contribution in [0.15, 0.2) is 52.2 Å². The monoisotopic (exact) mass is 264 g/mol. The molecule has 1 aromatic carbocycles. The van der Waals surface area contributed by atoms with Crippen LogP contribution >= 0.6 is 11.6 Å². The van der Waals surface area contributed by atoms with Gasteiger partial charge >= 0.3 is 5.69 Å². The van der Waals surface area contributed by atoms with Gasteiger partial charge in [-0.05, 0) is 12.5 Å². The number of aromatic amines is 1. The molecule has 0 aliphatic rings. The van der Waals surface area contributed by atoms with Gasteiger partial charge in [-0.1, -0.05) is 30.3 Å². The highest BCUT2D eigenvalue weighted by Gasteiger charge is 2.18. The maximum absolute atomic E-state index is 11.7. The molecular weight excluding hydrogens is 252 g/mol. The van der Waals surface area contributed by atoms with Gasteiger partial charge in [-0.2, -0.15) is 0 Å². The van der Waals surface area contributed by atoms with Gasteiger partial charge in [-0.15, -0.1) is 11.6 Å². The summed E-state index contributed by atoms with van der Waals surface area (Å²) in [7, 11) is 0. The minimum atomic E-state index is -0.448. The van der Waals surface area contributed by atoms with E-state index in [0.29, 0.717) is 0 Å². The third-order valence-electron chi connectivity index (χ3n) is 2.83. The van der Waals surface area contributed by atoms with Crippen molar-refractivity contribution < 1.29 is 0 Å². The van der Waals surface area contributed by atoms with Crippen LogP contribution in [0.3, 0.4) is 0 Å². The largest absolute Gasteiger partial charge is 0.328 e. The Kier molecular flexibility index (Phi) is 3.67. The number of alkyl halides is 1. The summed E-state index contributed by atoms with van der Waals surface area (Å²) >= 11 is 6.35. The molecule has 0 spiro atoms. The number of nitrogens with one attached hydrogen (secondary N) is 1. The Morgan fingerprint density at radius 1 is 1.17 bits per heavy atom. The molecule has 0 aliphatic carbocycles. The van der Waals surface area contributed by atoms with Gasteiger partial charge in [0.15, 0.2) is 0 Å². The fourth-order valence-corrected chi connectivity index (χ4v) is 2.07. The van der Waals surface area contributed by atoms with Crippen molar-refractivity contribution in [3.05, 3.63) is 69.0 Å². The first-order valence-corrected chi connectivity index (χ1v) is 6.03. The smallest absolute Gasteiger partial charge is 0.296 e. The fraction of sp³-hybridized carbons (Fsp3) is 0.231. The van der Waals surface area contributed by atoms with Crippen molar-refractivity contribution >= 4 is 11.6 Å². The molecule has 0 saturated carbocycles. The van der Waals surface area contributed by atoms with Gasteiger partial charge in [-0.3, -0.25) is 14.3 Å². The van der Waals surface area contributed by atoms with E-state index in [-0.39, 0.29) is 11.4 Å². The van der Waals surface area contributed by atoms with E-state index in [1.165, 1.54) is 16.8 Å². The Balaban J connectivity index is 2.34. The van der Waals surface area contributed by atoms with Crippen LogP contribution in [0.4, 0.5) is 0 Å². The molecule has 1 aromatic heterocycles. The normalized spacial score (nSPS) is 14.1. The Morgan fingerprint density at radius 3 is 2.44 bits per heavy atom. The quantitative estimate of drug-likeness (QED) is 0.863. The molecule has 0 fully saturated rings. The van der Waals surface area contributed by atoms with Crippen LogP contribution in [0.1, 0.15) is 23.9 Å². The molecule has 5 heteroatoms. The standard InChI is InChI=1S/C13H13ClN2O2/c1-9(12(14)10-5-3-2-4-6-10)16-8-7-11(17)15-13(16)18/h2-9,12H,1H3,(H,15,17,18)/t9-,12-/m0/s1. The summed E-state index contributed by atoms with van der Waals surface area (Å²) in [6.07, 6.45) is 1.46. The minimum Gasteiger partial charge on any atom is -0.296 e. The summed E-state index contributed by atoms with van der Waals surface area (Å²) < 4.78 is 1.42. The molecule has 18 heavy (non-hydrogen) atoms. The highest BCUT2D eigenvalue weighted by atomic mass is 35.5. The highest BCUT2D eigenvalue weighted by molar-refractivity contribution is 6.21. The molecule has 1 heterocycles. The van der Waals surface area contributed by atoms with Gasteiger partial charge in [0, 0.05) is 12.3 Å². The lowest BCUT2D eigenvalue weighted by Crippen LogP contribution is -2.31. The zero-order chi connectivity index (χ0) is 13.1. The van der Waals surface area contributed by atoms with Crippen molar-refractivity contribution in [3.63, 3.8) is 0 Å². The number of nitrogens with zero attached hydrogens (tertiary/aromatic N) is 1. The number of aromatic nitrogens is 2.